The second-order valence-electron chi connectivity index (χ2n) is 4.89. The first-order valence-electron chi connectivity index (χ1n) is 6.95. The summed E-state index contributed by atoms with van der Waals surface area (Å²) in [6.45, 7) is 1.87. The SMILES string of the molecule is CCOC(=O)c1nnn(-c2ccc(NS(=O)(=O)N(C)C)cc2)c1N. The average Bonchev–Trinajstić information content (AvgIpc) is 2.89. The monoisotopic (exact) mass is 354 g/mol. The summed E-state index contributed by atoms with van der Waals surface area (Å²) in [5, 5.41) is 7.53. The molecule has 2 aromatic rings. The Morgan fingerprint density at radius 1 is 1.33 bits per heavy atom. The number of aromatic nitrogens is 3. The molecule has 3 N–H and O–H groups in total. The molecule has 1 aromatic heterocycles. The van der Waals surface area contributed by atoms with E-state index in [1.165, 1.54) is 18.8 Å². The summed E-state index contributed by atoms with van der Waals surface area (Å²) in [4.78, 5) is 11.7. The smallest absolute Gasteiger partial charge is 0.362 e. The van der Waals surface area contributed by atoms with Gasteiger partial charge in [0.2, 0.25) is 5.69 Å². The third-order valence-corrected chi connectivity index (χ3v) is 4.47. The van der Waals surface area contributed by atoms with E-state index in [-0.39, 0.29) is 18.1 Å². The molecule has 0 aliphatic heterocycles. The number of esters is 1. The van der Waals surface area contributed by atoms with E-state index in [0.717, 1.165) is 4.31 Å². The molecule has 0 radical (unpaired) electrons. The molecule has 0 saturated carbocycles. The van der Waals surface area contributed by atoms with Crippen LogP contribution in [0.4, 0.5) is 11.5 Å². The summed E-state index contributed by atoms with van der Waals surface area (Å²) in [5.41, 5.74) is 6.68. The maximum Gasteiger partial charge on any atom is 0.362 e. The van der Waals surface area contributed by atoms with E-state index in [1.807, 2.05) is 0 Å². The Bertz CT molecular complexity index is 829. The molecule has 0 bridgehead atoms. The van der Waals surface area contributed by atoms with Crippen LogP contribution in [0.5, 0.6) is 0 Å². The van der Waals surface area contributed by atoms with Gasteiger partial charge in [0.25, 0.3) is 0 Å². The van der Waals surface area contributed by atoms with Crippen molar-refractivity contribution in [3.8, 4) is 5.69 Å². The summed E-state index contributed by atoms with van der Waals surface area (Å²) in [6.07, 6.45) is 0. The Kier molecular flexibility index (Phi) is 5.04. The largest absolute Gasteiger partial charge is 0.461 e. The first-order valence-corrected chi connectivity index (χ1v) is 8.39. The summed E-state index contributed by atoms with van der Waals surface area (Å²) in [7, 11) is -0.747. The van der Waals surface area contributed by atoms with Gasteiger partial charge in [0.1, 0.15) is 0 Å². The molecule has 0 aliphatic rings. The van der Waals surface area contributed by atoms with Crippen molar-refractivity contribution in [2.24, 2.45) is 0 Å². The highest BCUT2D eigenvalue weighted by Crippen LogP contribution is 2.19. The van der Waals surface area contributed by atoms with Gasteiger partial charge < -0.3 is 10.5 Å². The van der Waals surface area contributed by atoms with E-state index in [4.69, 9.17) is 10.5 Å². The van der Waals surface area contributed by atoms with Crippen molar-refractivity contribution < 1.29 is 17.9 Å². The van der Waals surface area contributed by atoms with Gasteiger partial charge in [0, 0.05) is 19.8 Å². The fraction of sp³-hybridized carbons (Fsp3) is 0.308. The standard InChI is InChI=1S/C13H18N6O4S/c1-4-23-13(20)11-12(14)19(17-15-11)10-7-5-9(6-8-10)16-24(21,22)18(2)3/h5-8,16H,4,14H2,1-3H3. The first-order chi connectivity index (χ1) is 11.3. The summed E-state index contributed by atoms with van der Waals surface area (Å²) in [6, 6.07) is 6.27. The van der Waals surface area contributed by atoms with Gasteiger partial charge in [0.15, 0.2) is 5.82 Å². The molecular weight excluding hydrogens is 336 g/mol. The summed E-state index contributed by atoms with van der Waals surface area (Å²) in [5.74, 6) is -0.619. The number of rotatable bonds is 6. The molecule has 24 heavy (non-hydrogen) atoms. The molecule has 0 unspecified atom stereocenters. The molecule has 0 aliphatic carbocycles. The predicted molar refractivity (Wildman–Crippen MR) is 88.0 cm³/mol. The Hall–Kier alpha value is -2.66. The van der Waals surface area contributed by atoms with Crippen LogP contribution in [0.2, 0.25) is 0 Å². The molecule has 0 fully saturated rings. The van der Waals surface area contributed by atoms with Crippen LogP contribution in [0.25, 0.3) is 5.69 Å². The van der Waals surface area contributed by atoms with Crippen LogP contribution in [-0.2, 0) is 14.9 Å². The summed E-state index contributed by atoms with van der Waals surface area (Å²) < 4.78 is 33.1. The third-order valence-electron chi connectivity index (χ3n) is 3.01. The van der Waals surface area contributed by atoms with Gasteiger partial charge in [-0.05, 0) is 31.2 Å². The van der Waals surface area contributed by atoms with E-state index in [0.29, 0.717) is 11.4 Å². The fourth-order valence-corrected chi connectivity index (χ4v) is 2.35. The second kappa shape index (κ2) is 6.84. The number of nitrogens with one attached hydrogen (secondary N) is 1. The predicted octanol–water partition coefficient (Wildman–Crippen LogP) is 0.245. The first kappa shape index (κ1) is 17.7. The van der Waals surface area contributed by atoms with E-state index in [2.05, 4.69) is 15.0 Å². The van der Waals surface area contributed by atoms with Crippen molar-refractivity contribution in [1.29, 1.82) is 0 Å². The van der Waals surface area contributed by atoms with Gasteiger partial charge in [-0.3, -0.25) is 4.72 Å². The lowest BCUT2D eigenvalue weighted by Crippen LogP contribution is -2.28. The van der Waals surface area contributed by atoms with Crippen LogP contribution in [0.15, 0.2) is 24.3 Å². The normalized spacial score (nSPS) is 11.5. The van der Waals surface area contributed by atoms with E-state index < -0.39 is 16.2 Å². The Balaban J connectivity index is 2.24. The number of hydrogen-bond acceptors (Lipinski definition) is 7. The fourth-order valence-electron chi connectivity index (χ4n) is 1.74. The molecule has 0 amide bonds. The molecular formula is C13H18N6O4S. The minimum absolute atomic E-state index is 0.0371. The molecule has 1 aromatic carbocycles. The second-order valence-corrected chi connectivity index (χ2v) is 6.78. The maximum absolute atomic E-state index is 11.8. The van der Waals surface area contributed by atoms with Crippen molar-refractivity contribution in [3.63, 3.8) is 0 Å². The molecule has 130 valence electrons. The lowest BCUT2D eigenvalue weighted by Gasteiger charge is -2.13. The van der Waals surface area contributed by atoms with Gasteiger partial charge in [-0.15, -0.1) is 5.10 Å². The number of benzene rings is 1. The van der Waals surface area contributed by atoms with Gasteiger partial charge in [0.05, 0.1) is 12.3 Å². The molecule has 2 rings (SSSR count). The zero-order chi connectivity index (χ0) is 17.9. The van der Waals surface area contributed by atoms with Crippen LogP contribution < -0.4 is 10.5 Å². The van der Waals surface area contributed by atoms with Crippen molar-refractivity contribution in [1.82, 2.24) is 19.3 Å². The van der Waals surface area contributed by atoms with Crippen molar-refractivity contribution in [2.45, 2.75) is 6.92 Å². The molecule has 10 nitrogen and oxygen atoms in total. The van der Waals surface area contributed by atoms with E-state index in [9.17, 15) is 13.2 Å². The molecule has 0 atom stereocenters. The number of nitrogens with zero attached hydrogens (tertiary/aromatic N) is 4. The number of carbonyl (C=O) groups excluding carboxylic acids is 1. The number of anilines is 2. The van der Waals surface area contributed by atoms with Crippen LogP contribution >= 0.6 is 0 Å². The number of nitrogens with two attached hydrogens (primary N) is 1. The highest BCUT2D eigenvalue weighted by molar-refractivity contribution is 7.90. The maximum atomic E-state index is 11.8. The number of ether oxygens (including phenoxy) is 1. The van der Waals surface area contributed by atoms with Crippen LogP contribution in [0.3, 0.4) is 0 Å². The highest BCUT2D eigenvalue weighted by atomic mass is 32.2. The minimum atomic E-state index is -3.59. The Labute approximate surface area is 139 Å². The quantitative estimate of drug-likeness (QED) is 0.710. The molecule has 0 saturated heterocycles. The van der Waals surface area contributed by atoms with Gasteiger partial charge in [-0.25, -0.2) is 4.79 Å². The van der Waals surface area contributed by atoms with Crippen molar-refractivity contribution in [3.05, 3.63) is 30.0 Å². The van der Waals surface area contributed by atoms with Crippen LogP contribution in [0.1, 0.15) is 17.4 Å². The van der Waals surface area contributed by atoms with Gasteiger partial charge in [-0.2, -0.15) is 17.4 Å². The number of nitrogen functional groups attached to an aromatic ring is 1. The Morgan fingerprint density at radius 3 is 2.50 bits per heavy atom. The molecule has 1 heterocycles. The van der Waals surface area contributed by atoms with Crippen molar-refractivity contribution in [2.75, 3.05) is 31.2 Å². The zero-order valence-electron chi connectivity index (χ0n) is 13.4. The minimum Gasteiger partial charge on any atom is -0.461 e. The van der Waals surface area contributed by atoms with E-state index in [1.54, 1.807) is 31.2 Å². The molecule has 11 heteroatoms. The average molecular weight is 354 g/mol. The zero-order valence-corrected chi connectivity index (χ0v) is 14.2. The van der Waals surface area contributed by atoms with E-state index >= 15 is 0 Å². The topological polar surface area (TPSA) is 132 Å². The number of hydrogen-bond donors (Lipinski definition) is 2. The lowest BCUT2D eigenvalue weighted by atomic mass is 10.3. The number of carbonyl (C=O) groups is 1. The van der Waals surface area contributed by atoms with Crippen molar-refractivity contribution >= 4 is 27.7 Å². The van der Waals surface area contributed by atoms with Gasteiger partial charge in [-0.1, -0.05) is 5.21 Å². The highest BCUT2D eigenvalue weighted by Gasteiger charge is 2.19. The third kappa shape index (κ3) is 3.63. The van der Waals surface area contributed by atoms with Crippen LogP contribution in [0, 0.1) is 0 Å². The van der Waals surface area contributed by atoms with Gasteiger partial charge >= 0.3 is 16.2 Å². The Morgan fingerprint density at radius 2 is 1.96 bits per heavy atom. The lowest BCUT2D eigenvalue weighted by molar-refractivity contribution is 0.0520. The van der Waals surface area contributed by atoms with Crippen LogP contribution in [-0.4, -0.2) is 54.4 Å². The molecule has 0 spiro atoms. The summed E-state index contributed by atoms with van der Waals surface area (Å²) >= 11 is 0.